The maximum Gasteiger partial charge on any atom is 0.0702 e. The first-order chi connectivity index (χ1) is 9.83. The number of aryl methyl sites for hydroxylation is 1. The largest absolute Gasteiger partial charge is 0.377 e. The van der Waals surface area contributed by atoms with Crippen LogP contribution in [0.15, 0.2) is 18.5 Å². The fourth-order valence-electron chi connectivity index (χ4n) is 3.23. The lowest BCUT2D eigenvalue weighted by atomic mass is 10.1. The fraction of sp³-hybridized carbons (Fsp3) is 0.688. The summed E-state index contributed by atoms with van der Waals surface area (Å²) in [4.78, 5) is 9.22. The number of piperazine rings is 1. The van der Waals surface area contributed by atoms with Crippen LogP contribution in [0.25, 0.3) is 0 Å². The molecule has 3 rings (SSSR count). The van der Waals surface area contributed by atoms with Crippen molar-refractivity contribution in [3.05, 3.63) is 24.0 Å². The van der Waals surface area contributed by atoms with Crippen molar-refractivity contribution >= 4 is 5.69 Å². The topological polar surface area (TPSA) is 28.6 Å². The number of pyridine rings is 1. The Morgan fingerprint density at radius 1 is 1.25 bits per heavy atom. The second-order valence-electron chi connectivity index (χ2n) is 5.94. The Labute approximate surface area is 121 Å². The molecular formula is C16H25N3O. The van der Waals surface area contributed by atoms with Crippen molar-refractivity contribution in [3.63, 3.8) is 0 Å². The number of anilines is 1. The molecule has 0 spiro atoms. The molecule has 4 heteroatoms. The van der Waals surface area contributed by atoms with Crippen LogP contribution in [-0.2, 0) is 4.74 Å². The highest BCUT2D eigenvalue weighted by molar-refractivity contribution is 5.51. The lowest BCUT2D eigenvalue weighted by Crippen LogP contribution is -2.49. The van der Waals surface area contributed by atoms with Crippen LogP contribution in [-0.4, -0.2) is 55.3 Å². The van der Waals surface area contributed by atoms with E-state index < -0.39 is 0 Å². The summed E-state index contributed by atoms with van der Waals surface area (Å²) in [6, 6.07) is 2.13. The Hall–Kier alpha value is -1.13. The number of hydrogen-bond acceptors (Lipinski definition) is 4. The van der Waals surface area contributed by atoms with Crippen LogP contribution in [0.3, 0.4) is 0 Å². The SMILES string of the molecule is Cc1cnccc1N1CCN(CC2CCCCO2)CC1. The van der Waals surface area contributed by atoms with Crippen LogP contribution in [0.5, 0.6) is 0 Å². The number of aromatic nitrogens is 1. The molecule has 110 valence electrons. The Bertz CT molecular complexity index is 423. The second-order valence-corrected chi connectivity index (χ2v) is 5.94. The summed E-state index contributed by atoms with van der Waals surface area (Å²) in [5.41, 5.74) is 2.62. The van der Waals surface area contributed by atoms with Crippen LogP contribution >= 0.6 is 0 Å². The highest BCUT2D eigenvalue weighted by Gasteiger charge is 2.22. The summed E-state index contributed by atoms with van der Waals surface area (Å²) in [5.74, 6) is 0. The Balaban J connectivity index is 1.50. The van der Waals surface area contributed by atoms with Gasteiger partial charge >= 0.3 is 0 Å². The van der Waals surface area contributed by atoms with Gasteiger partial charge < -0.3 is 9.64 Å². The first kappa shape index (κ1) is 13.8. The third-order valence-electron chi connectivity index (χ3n) is 4.44. The van der Waals surface area contributed by atoms with Crippen LogP contribution in [0.4, 0.5) is 5.69 Å². The van der Waals surface area contributed by atoms with Gasteiger partial charge in [-0.15, -0.1) is 0 Å². The van der Waals surface area contributed by atoms with E-state index >= 15 is 0 Å². The normalized spacial score (nSPS) is 24.9. The standard InChI is InChI=1S/C16H25N3O/c1-14-12-17-6-5-16(14)19-9-7-18(8-10-19)13-15-4-2-3-11-20-15/h5-6,12,15H,2-4,7-11,13H2,1H3. The van der Waals surface area contributed by atoms with Gasteiger partial charge in [0, 0.05) is 57.4 Å². The van der Waals surface area contributed by atoms with E-state index in [9.17, 15) is 0 Å². The van der Waals surface area contributed by atoms with Gasteiger partial charge in [0.15, 0.2) is 0 Å². The molecule has 1 aromatic rings. The maximum atomic E-state index is 5.85. The summed E-state index contributed by atoms with van der Waals surface area (Å²) in [6.07, 6.45) is 8.14. The minimum Gasteiger partial charge on any atom is -0.377 e. The van der Waals surface area contributed by atoms with E-state index in [1.165, 1.54) is 30.5 Å². The molecule has 0 saturated carbocycles. The van der Waals surface area contributed by atoms with Crippen molar-refractivity contribution in [2.45, 2.75) is 32.3 Å². The summed E-state index contributed by atoms with van der Waals surface area (Å²) in [5, 5.41) is 0. The lowest BCUT2D eigenvalue weighted by molar-refractivity contribution is -0.00645. The summed E-state index contributed by atoms with van der Waals surface area (Å²) < 4.78 is 5.85. The molecule has 0 amide bonds. The molecule has 0 aliphatic carbocycles. The highest BCUT2D eigenvalue weighted by Crippen LogP contribution is 2.21. The van der Waals surface area contributed by atoms with E-state index in [0.29, 0.717) is 6.10 Å². The molecule has 0 radical (unpaired) electrons. The Kier molecular flexibility index (Phi) is 4.53. The number of hydrogen-bond donors (Lipinski definition) is 0. The number of ether oxygens (including phenoxy) is 1. The quantitative estimate of drug-likeness (QED) is 0.844. The first-order valence-electron chi connectivity index (χ1n) is 7.82. The molecule has 0 bridgehead atoms. The molecule has 2 aliphatic rings. The van der Waals surface area contributed by atoms with Gasteiger partial charge in [-0.1, -0.05) is 0 Å². The average molecular weight is 275 g/mol. The van der Waals surface area contributed by atoms with E-state index in [-0.39, 0.29) is 0 Å². The monoisotopic (exact) mass is 275 g/mol. The predicted molar refractivity (Wildman–Crippen MR) is 81.2 cm³/mol. The van der Waals surface area contributed by atoms with E-state index in [2.05, 4.69) is 27.8 Å². The van der Waals surface area contributed by atoms with Gasteiger partial charge in [-0.25, -0.2) is 0 Å². The van der Waals surface area contributed by atoms with E-state index in [0.717, 1.165) is 39.3 Å². The van der Waals surface area contributed by atoms with Gasteiger partial charge in [-0.05, 0) is 37.8 Å². The van der Waals surface area contributed by atoms with Gasteiger partial charge in [0.1, 0.15) is 0 Å². The molecule has 20 heavy (non-hydrogen) atoms. The first-order valence-corrected chi connectivity index (χ1v) is 7.82. The predicted octanol–water partition coefficient (Wildman–Crippen LogP) is 2.08. The molecule has 1 atom stereocenters. The Morgan fingerprint density at radius 2 is 2.10 bits per heavy atom. The van der Waals surface area contributed by atoms with Gasteiger partial charge in [0.25, 0.3) is 0 Å². The van der Waals surface area contributed by atoms with Gasteiger partial charge in [0.05, 0.1) is 6.10 Å². The summed E-state index contributed by atoms with van der Waals surface area (Å²) >= 11 is 0. The highest BCUT2D eigenvalue weighted by atomic mass is 16.5. The molecule has 2 fully saturated rings. The third kappa shape index (κ3) is 3.30. The average Bonchev–Trinajstić information content (AvgIpc) is 2.50. The van der Waals surface area contributed by atoms with Gasteiger partial charge in [-0.3, -0.25) is 9.88 Å². The van der Waals surface area contributed by atoms with E-state index in [4.69, 9.17) is 4.74 Å². The summed E-state index contributed by atoms with van der Waals surface area (Å²) in [6.45, 7) is 8.72. The van der Waals surface area contributed by atoms with Crippen LogP contribution in [0.1, 0.15) is 24.8 Å². The van der Waals surface area contributed by atoms with Crippen molar-refractivity contribution in [2.75, 3.05) is 44.2 Å². The molecule has 0 aromatic carbocycles. The van der Waals surface area contributed by atoms with Crippen LogP contribution in [0, 0.1) is 6.92 Å². The van der Waals surface area contributed by atoms with Crippen molar-refractivity contribution in [1.29, 1.82) is 0 Å². The van der Waals surface area contributed by atoms with Crippen molar-refractivity contribution in [2.24, 2.45) is 0 Å². The molecule has 2 aliphatic heterocycles. The summed E-state index contributed by atoms with van der Waals surface area (Å²) in [7, 11) is 0. The number of rotatable bonds is 3. The van der Waals surface area contributed by atoms with Crippen LogP contribution < -0.4 is 4.90 Å². The van der Waals surface area contributed by atoms with Gasteiger partial charge in [-0.2, -0.15) is 0 Å². The molecule has 1 aromatic heterocycles. The molecular weight excluding hydrogens is 250 g/mol. The smallest absolute Gasteiger partial charge is 0.0702 e. The number of nitrogens with zero attached hydrogens (tertiary/aromatic N) is 3. The van der Waals surface area contributed by atoms with Crippen molar-refractivity contribution < 1.29 is 4.74 Å². The van der Waals surface area contributed by atoms with Crippen molar-refractivity contribution in [1.82, 2.24) is 9.88 Å². The molecule has 2 saturated heterocycles. The third-order valence-corrected chi connectivity index (χ3v) is 4.44. The Morgan fingerprint density at radius 3 is 2.80 bits per heavy atom. The zero-order chi connectivity index (χ0) is 13.8. The minimum absolute atomic E-state index is 0.470. The lowest BCUT2D eigenvalue weighted by Gasteiger charge is -2.38. The minimum atomic E-state index is 0.470. The van der Waals surface area contributed by atoms with Crippen LogP contribution in [0.2, 0.25) is 0 Å². The molecule has 0 N–H and O–H groups in total. The zero-order valence-electron chi connectivity index (χ0n) is 12.4. The fourth-order valence-corrected chi connectivity index (χ4v) is 3.23. The van der Waals surface area contributed by atoms with E-state index in [1.807, 2.05) is 12.4 Å². The van der Waals surface area contributed by atoms with Crippen molar-refractivity contribution in [3.8, 4) is 0 Å². The van der Waals surface area contributed by atoms with E-state index in [1.54, 1.807) is 0 Å². The maximum absolute atomic E-state index is 5.85. The van der Waals surface area contributed by atoms with Gasteiger partial charge in [0.2, 0.25) is 0 Å². The zero-order valence-corrected chi connectivity index (χ0v) is 12.4. The molecule has 1 unspecified atom stereocenters. The second kappa shape index (κ2) is 6.55. The molecule has 4 nitrogen and oxygen atoms in total. The molecule has 3 heterocycles.